The van der Waals surface area contributed by atoms with Crippen molar-refractivity contribution in [3.05, 3.63) is 36.4 Å². The van der Waals surface area contributed by atoms with E-state index in [1.165, 1.54) is 30.8 Å². The van der Waals surface area contributed by atoms with Crippen LogP contribution in [0.15, 0.2) is 36.0 Å². The highest BCUT2D eigenvalue weighted by Crippen LogP contribution is 2.27. The van der Waals surface area contributed by atoms with Gasteiger partial charge in [-0.05, 0) is 12.1 Å². The summed E-state index contributed by atoms with van der Waals surface area (Å²) in [5, 5.41) is 17.5. The molecule has 0 atom stereocenters. The lowest BCUT2D eigenvalue weighted by atomic mass is 10.2. The van der Waals surface area contributed by atoms with E-state index in [2.05, 4.69) is 15.2 Å². The van der Waals surface area contributed by atoms with Gasteiger partial charge in [0.05, 0.1) is 13.3 Å². The minimum atomic E-state index is 0.0499. The Kier molecular flexibility index (Phi) is 2.81. The SMILES string of the molecule is COc1cccc(/C=N/n2cncn2)c1O. The first-order valence-electron chi connectivity index (χ1n) is 4.56. The van der Waals surface area contributed by atoms with Gasteiger partial charge in [0.15, 0.2) is 11.5 Å². The van der Waals surface area contributed by atoms with Crippen molar-refractivity contribution in [2.45, 2.75) is 0 Å². The quantitative estimate of drug-likeness (QED) is 0.776. The van der Waals surface area contributed by atoms with Gasteiger partial charge < -0.3 is 9.84 Å². The molecule has 0 aliphatic rings. The highest BCUT2D eigenvalue weighted by molar-refractivity contribution is 5.84. The fraction of sp³-hybridized carbons (Fsp3) is 0.100. The van der Waals surface area contributed by atoms with Crippen LogP contribution in [0.25, 0.3) is 0 Å². The van der Waals surface area contributed by atoms with Gasteiger partial charge in [-0.1, -0.05) is 6.07 Å². The van der Waals surface area contributed by atoms with Crippen LogP contribution in [0.5, 0.6) is 11.5 Å². The number of ether oxygens (including phenoxy) is 1. The molecular formula is C10H10N4O2. The smallest absolute Gasteiger partial charge is 0.166 e. The number of aromatic hydroxyl groups is 1. The Labute approximate surface area is 91.8 Å². The number of aromatic nitrogens is 3. The van der Waals surface area contributed by atoms with Gasteiger partial charge in [-0.25, -0.2) is 4.98 Å². The third-order valence-electron chi connectivity index (χ3n) is 1.97. The zero-order valence-corrected chi connectivity index (χ0v) is 8.61. The molecule has 0 fully saturated rings. The Balaban J connectivity index is 2.28. The zero-order valence-electron chi connectivity index (χ0n) is 8.61. The summed E-state index contributed by atoms with van der Waals surface area (Å²) < 4.78 is 4.98. The lowest BCUT2D eigenvalue weighted by molar-refractivity contribution is 0.373. The number of nitrogens with zero attached hydrogens (tertiary/aromatic N) is 4. The van der Waals surface area contributed by atoms with Crippen molar-refractivity contribution in [1.29, 1.82) is 0 Å². The summed E-state index contributed by atoms with van der Waals surface area (Å²) in [6, 6.07) is 5.15. The number of hydrogen-bond acceptors (Lipinski definition) is 5. The number of benzene rings is 1. The molecule has 0 radical (unpaired) electrons. The van der Waals surface area contributed by atoms with Crippen molar-refractivity contribution in [3.63, 3.8) is 0 Å². The predicted molar refractivity (Wildman–Crippen MR) is 57.7 cm³/mol. The van der Waals surface area contributed by atoms with Gasteiger partial charge in [-0.2, -0.15) is 5.10 Å². The van der Waals surface area contributed by atoms with E-state index in [9.17, 15) is 5.11 Å². The zero-order chi connectivity index (χ0) is 11.4. The summed E-state index contributed by atoms with van der Waals surface area (Å²) in [7, 11) is 1.49. The van der Waals surface area contributed by atoms with Crippen molar-refractivity contribution in [1.82, 2.24) is 14.9 Å². The Morgan fingerprint density at radius 3 is 3.06 bits per heavy atom. The van der Waals surface area contributed by atoms with Gasteiger partial charge in [0.1, 0.15) is 12.7 Å². The van der Waals surface area contributed by atoms with E-state index >= 15 is 0 Å². The summed E-state index contributed by atoms with van der Waals surface area (Å²) in [6.45, 7) is 0. The van der Waals surface area contributed by atoms with E-state index in [-0.39, 0.29) is 5.75 Å². The molecule has 1 heterocycles. The number of hydrogen-bond donors (Lipinski definition) is 1. The van der Waals surface area contributed by atoms with Crippen LogP contribution in [0.2, 0.25) is 0 Å². The van der Waals surface area contributed by atoms with Crippen molar-refractivity contribution in [3.8, 4) is 11.5 Å². The number of para-hydroxylation sites is 1. The lowest BCUT2D eigenvalue weighted by Crippen LogP contribution is -1.92. The molecule has 0 unspecified atom stereocenters. The van der Waals surface area contributed by atoms with E-state index in [1.807, 2.05) is 0 Å². The minimum absolute atomic E-state index is 0.0499. The second kappa shape index (κ2) is 4.43. The van der Waals surface area contributed by atoms with Gasteiger partial charge in [0, 0.05) is 5.56 Å². The first-order valence-corrected chi connectivity index (χ1v) is 4.56. The van der Waals surface area contributed by atoms with Gasteiger partial charge in [-0.3, -0.25) is 0 Å². The van der Waals surface area contributed by atoms with E-state index in [0.29, 0.717) is 11.3 Å². The molecule has 1 aromatic carbocycles. The summed E-state index contributed by atoms with van der Waals surface area (Å²) in [5.41, 5.74) is 0.551. The van der Waals surface area contributed by atoms with Gasteiger partial charge in [0.2, 0.25) is 0 Å². The highest BCUT2D eigenvalue weighted by Gasteiger charge is 2.04. The van der Waals surface area contributed by atoms with Crippen molar-refractivity contribution >= 4 is 6.21 Å². The largest absolute Gasteiger partial charge is 0.504 e. The molecule has 82 valence electrons. The standard InChI is InChI=1S/C10H10N4O2/c1-16-9-4-2-3-8(10(9)15)5-12-14-7-11-6-13-14/h2-7,15H,1H3/b12-5+. The third kappa shape index (κ3) is 2.00. The maximum atomic E-state index is 9.76. The number of phenols is 1. The predicted octanol–water partition coefficient (Wildman–Crippen LogP) is 0.874. The number of rotatable bonds is 3. The molecule has 0 aliphatic heterocycles. The van der Waals surface area contributed by atoms with Crippen LogP contribution in [0.4, 0.5) is 0 Å². The molecule has 2 rings (SSSR count). The molecule has 2 aromatic rings. The molecule has 0 amide bonds. The number of methoxy groups -OCH3 is 1. The fourth-order valence-corrected chi connectivity index (χ4v) is 1.19. The van der Waals surface area contributed by atoms with Crippen LogP contribution in [-0.2, 0) is 0 Å². The van der Waals surface area contributed by atoms with Crippen molar-refractivity contribution < 1.29 is 9.84 Å². The van der Waals surface area contributed by atoms with Crippen LogP contribution in [0, 0.1) is 0 Å². The average Bonchev–Trinajstić information content (AvgIpc) is 2.81. The summed E-state index contributed by atoms with van der Waals surface area (Å²) in [4.78, 5) is 5.03. The Morgan fingerprint density at radius 1 is 1.50 bits per heavy atom. The van der Waals surface area contributed by atoms with E-state index in [0.717, 1.165) is 0 Å². The molecular weight excluding hydrogens is 208 g/mol. The topological polar surface area (TPSA) is 72.5 Å². The average molecular weight is 218 g/mol. The monoisotopic (exact) mass is 218 g/mol. The highest BCUT2D eigenvalue weighted by atomic mass is 16.5. The normalized spacial score (nSPS) is 10.8. The van der Waals surface area contributed by atoms with E-state index in [4.69, 9.17) is 4.74 Å². The summed E-state index contributed by atoms with van der Waals surface area (Å²) >= 11 is 0. The van der Waals surface area contributed by atoms with Crippen LogP contribution >= 0.6 is 0 Å². The first-order chi connectivity index (χ1) is 7.81. The molecule has 16 heavy (non-hydrogen) atoms. The molecule has 0 saturated carbocycles. The molecule has 0 saturated heterocycles. The second-order valence-corrected chi connectivity index (χ2v) is 2.96. The molecule has 0 aliphatic carbocycles. The first kappa shape index (κ1) is 10.2. The maximum Gasteiger partial charge on any atom is 0.166 e. The van der Waals surface area contributed by atoms with Crippen molar-refractivity contribution in [2.24, 2.45) is 5.10 Å². The Morgan fingerprint density at radius 2 is 2.38 bits per heavy atom. The molecule has 0 bridgehead atoms. The fourth-order valence-electron chi connectivity index (χ4n) is 1.19. The van der Waals surface area contributed by atoms with Crippen LogP contribution in [-0.4, -0.2) is 33.3 Å². The Bertz CT molecular complexity index is 494. The molecule has 1 aromatic heterocycles. The van der Waals surface area contributed by atoms with Crippen LogP contribution in [0.3, 0.4) is 0 Å². The summed E-state index contributed by atoms with van der Waals surface area (Å²) in [6.07, 6.45) is 4.31. The molecule has 6 nitrogen and oxygen atoms in total. The molecule has 6 heteroatoms. The van der Waals surface area contributed by atoms with Crippen molar-refractivity contribution in [2.75, 3.05) is 7.11 Å². The van der Waals surface area contributed by atoms with Gasteiger partial charge >= 0.3 is 0 Å². The van der Waals surface area contributed by atoms with Crippen LogP contribution < -0.4 is 4.74 Å². The van der Waals surface area contributed by atoms with Gasteiger partial charge in [-0.15, -0.1) is 9.89 Å². The summed E-state index contributed by atoms with van der Waals surface area (Å²) in [5.74, 6) is 0.455. The Hall–Kier alpha value is -2.37. The van der Waals surface area contributed by atoms with E-state index in [1.54, 1.807) is 18.2 Å². The minimum Gasteiger partial charge on any atom is -0.504 e. The molecule has 0 spiro atoms. The number of phenolic OH excluding ortho intramolecular Hbond substituents is 1. The second-order valence-electron chi connectivity index (χ2n) is 2.96. The lowest BCUT2D eigenvalue weighted by Gasteiger charge is -2.04. The van der Waals surface area contributed by atoms with E-state index < -0.39 is 0 Å². The molecule has 1 N–H and O–H groups in total. The maximum absolute atomic E-state index is 9.76. The van der Waals surface area contributed by atoms with Gasteiger partial charge in [0.25, 0.3) is 0 Å². The third-order valence-corrected chi connectivity index (χ3v) is 1.97. The van der Waals surface area contributed by atoms with Crippen LogP contribution in [0.1, 0.15) is 5.56 Å².